The third-order valence-corrected chi connectivity index (χ3v) is 3.68. The summed E-state index contributed by atoms with van der Waals surface area (Å²) in [5.74, 6) is -6.20. The molecule has 0 heterocycles. The molecule has 1 saturated carbocycles. The standard InChI is InChI=1S/C13H21F2NO3/c1-12(11(18)19,16-10(17)13(2,14)15)8-9-6-4-3-5-7-9/h9H,3-8H2,1-2H3,(H,16,17)(H,18,19). The molecule has 110 valence electrons. The Bertz CT molecular complexity index is 348. The molecule has 1 atom stereocenters. The Morgan fingerprint density at radius 3 is 2.16 bits per heavy atom. The van der Waals surface area contributed by atoms with Crippen LogP contribution in [0.3, 0.4) is 0 Å². The zero-order valence-electron chi connectivity index (χ0n) is 11.3. The predicted octanol–water partition coefficient (Wildman–Crippen LogP) is 2.57. The Hall–Kier alpha value is -1.20. The number of hydrogen-bond donors (Lipinski definition) is 2. The number of hydrogen-bond acceptors (Lipinski definition) is 2. The summed E-state index contributed by atoms with van der Waals surface area (Å²) in [7, 11) is 0. The fourth-order valence-corrected chi connectivity index (χ4v) is 2.52. The van der Waals surface area contributed by atoms with Gasteiger partial charge in [0.2, 0.25) is 0 Å². The van der Waals surface area contributed by atoms with Crippen molar-refractivity contribution in [1.29, 1.82) is 0 Å². The second-order valence-corrected chi connectivity index (χ2v) is 5.69. The van der Waals surface area contributed by atoms with E-state index in [0.717, 1.165) is 32.1 Å². The van der Waals surface area contributed by atoms with E-state index in [9.17, 15) is 23.5 Å². The van der Waals surface area contributed by atoms with Crippen LogP contribution in [0.5, 0.6) is 0 Å². The molecule has 0 aromatic carbocycles. The van der Waals surface area contributed by atoms with Crippen LogP contribution >= 0.6 is 0 Å². The molecule has 1 unspecified atom stereocenters. The summed E-state index contributed by atoms with van der Waals surface area (Å²) < 4.78 is 25.8. The number of carboxylic acid groups (broad SMARTS) is 1. The van der Waals surface area contributed by atoms with Gasteiger partial charge in [0.1, 0.15) is 5.54 Å². The Kier molecular flexibility index (Phi) is 4.87. The van der Waals surface area contributed by atoms with Crippen LogP contribution in [0, 0.1) is 5.92 Å². The maximum atomic E-state index is 12.9. The van der Waals surface area contributed by atoms with Crippen LogP contribution < -0.4 is 5.32 Å². The van der Waals surface area contributed by atoms with Gasteiger partial charge in [-0.1, -0.05) is 32.1 Å². The van der Waals surface area contributed by atoms with E-state index in [4.69, 9.17) is 0 Å². The minimum absolute atomic E-state index is 0.167. The van der Waals surface area contributed by atoms with Crippen LogP contribution in [0.4, 0.5) is 8.78 Å². The first-order valence-corrected chi connectivity index (χ1v) is 6.59. The molecule has 0 aromatic heterocycles. The minimum Gasteiger partial charge on any atom is -0.480 e. The summed E-state index contributed by atoms with van der Waals surface area (Å²) in [5.41, 5.74) is -1.63. The highest BCUT2D eigenvalue weighted by atomic mass is 19.3. The molecule has 0 aromatic rings. The second-order valence-electron chi connectivity index (χ2n) is 5.69. The zero-order chi connectivity index (χ0) is 14.7. The van der Waals surface area contributed by atoms with Gasteiger partial charge in [-0.3, -0.25) is 4.79 Å². The summed E-state index contributed by atoms with van der Waals surface area (Å²) in [6.45, 7) is 1.76. The Morgan fingerprint density at radius 2 is 1.74 bits per heavy atom. The molecule has 0 aliphatic heterocycles. The van der Waals surface area contributed by atoms with Gasteiger partial charge >= 0.3 is 11.9 Å². The molecule has 1 rings (SSSR count). The van der Waals surface area contributed by atoms with Crippen molar-refractivity contribution >= 4 is 11.9 Å². The zero-order valence-corrected chi connectivity index (χ0v) is 11.3. The van der Waals surface area contributed by atoms with E-state index in [1.807, 2.05) is 5.32 Å². The number of carbonyl (C=O) groups excluding carboxylic acids is 1. The molecular formula is C13H21F2NO3. The van der Waals surface area contributed by atoms with Gasteiger partial charge in [-0.2, -0.15) is 8.78 Å². The summed E-state index contributed by atoms with van der Waals surface area (Å²) in [6.07, 6.45) is 5.16. The van der Waals surface area contributed by atoms with Crippen LogP contribution in [0.15, 0.2) is 0 Å². The van der Waals surface area contributed by atoms with E-state index >= 15 is 0 Å². The van der Waals surface area contributed by atoms with Crippen LogP contribution in [0.1, 0.15) is 52.4 Å². The first kappa shape index (κ1) is 15.9. The van der Waals surface area contributed by atoms with Gasteiger partial charge in [0, 0.05) is 6.92 Å². The van der Waals surface area contributed by atoms with Crippen molar-refractivity contribution in [3.05, 3.63) is 0 Å². The van der Waals surface area contributed by atoms with E-state index in [0.29, 0.717) is 6.92 Å². The molecule has 0 saturated heterocycles. The third kappa shape index (κ3) is 4.44. The maximum Gasteiger partial charge on any atom is 0.329 e. The molecule has 6 heteroatoms. The molecule has 0 radical (unpaired) electrons. The normalized spacial score (nSPS) is 20.6. The number of carboxylic acids is 1. The van der Waals surface area contributed by atoms with Crippen LogP contribution in [-0.4, -0.2) is 28.4 Å². The number of halogens is 2. The fraction of sp³-hybridized carbons (Fsp3) is 0.846. The average molecular weight is 277 g/mol. The molecule has 0 bridgehead atoms. The van der Waals surface area contributed by atoms with E-state index in [1.54, 1.807) is 0 Å². The first-order chi connectivity index (χ1) is 8.65. The number of rotatable bonds is 5. The topological polar surface area (TPSA) is 66.4 Å². The van der Waals surface area contributed by atoms with E-state index in [-0.39, 0.29) is 12.3 Å². The number of carbonyl (C=O) groups is 2. The van der Waals surface area contributed by atoms with Gasteiger partial charge in [0.05, 0.1) is 0 Å². The van der Waals surface area contributed by atoms with E-state index < -0.39 is 23.3 Å². The van der Waals surface area contributed by atoms with Crippen molar-refractivity contribution in [3.8, 4) is 0 Å². The van der Waals surface area contributed by atoms with Gasteiger partial charge in [-0.15, -0.1) is 0 Å². The lowest BCUT2D eigenvalue weighted by molar-refractivity contribution is -0.154. The smallest absolute Gasteiger partial charge is 0.329 e. The van der Waals surface area contributed by atoms with E-state index in [1.165, 1.54) is 6.92 Å². The Labute approximate surface area is 111 Å². The van der Waals surface area contributed by atoms with Crippen molar-refractivity contribution in [1.82, 2.24) is 5.32 Å². The van der Waals surface area contributed by atoms with Crippen LogP contribution in [0.25, 0.3) is 0 Å². The molecule has 1 fully saturated rings. The molecule has 1 aliphatic rings. The lowest BCUT2D eigenvalue weighted by Gasteiger charge is -2.33. The molecule has 1 aliphatic carbocycles. The molecule has 0 spiro atoms. The minimum atomic E-state index is -3.57. The van der Waals surface area contributed by atoms with Crippen molar-refractivity contribution < 1.29 is 23.5 Å². The molecule has 4 nitrogen and oxygen atoms in total. The Morgan fingerprint density at radius 1 is 1.21 bits per heavy atom. The quantitative estimate of drug-likeness (QED) is 0.811. The molecule has 1 amide bonds. The Balaban J connectivity index is 2.73. The van der Waals surface area contributed by atoms with Crippen LogP contribution in [0.2, 0.25) is 0 Å². The number of amides is 1. The van der Waals surface area contributed by atoms with Gasteiger partial charge in [0.25, 0.3) is 5.91 Å². The largest absolute Gasteiger partial charge is 0.480 e. The highest BCUT2D eigenvalue weighted by molar-refractivity contribution is 5.89. The van der Waals surface area contributed by atoms with Gasteiger partial charge < -0.3 is 10.4 Å². The monoisotopic (exact) mass is 277 g/mol. The SMILES string of the molecule is CC(F)(F)C(=O)NC(C)(CC1CCCCC1)C(=O)O. The van der Waals surface area contributed by atoms with Crippen LogP contribution in [-0.2, 0) is 9.59 Å². The van der Waals surface area contributed by atoms with Crippen molar-refractivity contribution in [2.45, 2.75) is 63.8 Å². The summed E-state index contributed by atoms with van der Waals surface area (Å²) in [4.78, 5) is 22.6. The molecular weight excluding hydrogens is 256 g/mol. The van der Waals surface area contributed by atoms with E-state index in [2.05, 4.69) is 0 Å². The number of aliphatic carboxylic acids is 1. The first-order valence-electron chi connectivity index (χ1n) is 6.59. The highest BCUT2D eigenvalue weighted by Gasteiger charge is 2.43. The van der Waals surface area contributed by atoms with Gasteiger partial charge in [0.15, 0.2) is 0 Å². The van der Waals surface area contributed by atoms with Crippen molar-refractivity contribution in [3.63, 3.8) is 0 Å². The lowest BCUT2D eigenvalue weighted by Crippen LogP contribution is -2.56. The highest BCUT2D eigenvalue weighted by Crippen LogP contribution is 2.31. The molecule has 2 N–H and O–H groups in total. The number of nitrogens with one attached hydrogen (secondary N) is 1. The fourth-order valence-electron chi connectivity index (χ4n) is 2.52. The summed E-state index contributed by atoms with van der Waals surface area (Å²) in [6, 6.07) is 0. The molecule has 19 heavy (non-hydrogen) atoms. The second kappa shape index (κ2) is 5.84. The summed E-state index contributed by atoms with van der Waals surface area (Å²) >= 11 is 0. The van der Waals surface area contributed by atoms with Gasteiger partial charge in [-0.25, -0.2) is 4.79 Å². The van der Waals surface area contributed by atoms with Gasteiger partial charge in [-0.05, 0) is 19.3 Å². The average Bonchev–Trinajstić information content (AvgIpc) is 2.28. The van der Waals surface area contributed by atoms with Crippen molar-refractivity contribution in [2.24, 2.45) is 5.92 Å². The third-order valence-electron chi connectivity index (χ3n) is 3.68. The van der Waals surface area contributed by atoms with Crippen molar-refractivity contribution in [2.75, 3.05) is 0 Å². The predicted molar refractivity (Wildman–Crippen MR) is 66.0 cm³/mol. The number of alkyl halides is 2. The summed E-state index contributed by atoms with van der Waals surface area (Å²) in [5, 5.41) is 11.2. The maximum absolute atomic E-state index is 12.9. The lowest BCUT2D eigenvalue weighted by atomic mass is 9.80.